The number of nitrogens with zero attached hydrogens (tertiary/aromatic N) is 3. The highest BCUT2D eigenvalue weighted by atomic mass is 32.2. The number of thioether (sulfide) groups is 1. The molecule has 2 atom stereocenters. The van der Waals surface area contributed by atoms with Crippen LogP contribution in [-0.2, 0) is 9.53 Å². The summed E-state index contributed by atoms with van der Waals surface area (Å²) in [5.74, 6) is -0.194. The Balaban J connectivity index is 2.26. The highest BCUT2D eigenvalue weighted by Gasteiger charge is 2.38. The molecule has 0 aromatic carbocycles. The van der Waals surface area contributed by atoms with Gasteiger partial charge in [0.05, 0.1) is 0 Å². The zero-order valence-electron chi connectivity index (χ0n) is 18.1. The average Bonchev–Trinajstić information content (AvgIpc) is 3.13. The van der Waals surface area contributed by atoms with E-state index >= 15 is 0 Å². The largest absolute Gasteiger partial charge is 0.444 e. The Bertz CT molecular complexity index is 630. The fourth-order valence-electron chi connectivity index (χ4n) is 2.89. The van der Waals surface area contributed by atoms with Gasteiger partial charge in [0.2, 0.25) is 5.91 Å². The van der Waals surface area contributed by atoms with E-state index in [2.05, 4.69) is 22.3 Å². The van der Waals surface area contributed by atoms with Gasteiger partial charge in [-0.1, -0.05) is 0 Å². The topological polar surface area (TPSA) is 129 Å². The number of likely N-dealkylation sites (tertiary alicyclic amines) is 1. The second-order valence-electron chi connectivity index (χ2n) is 6.94. The SMILES string of the molecule is C=N/C=C(/COC(=O)NCCCCNC(=O)C1CC(N)CN1C(=O)N(C)CC)SC. The number of rotatable bonds is 11. The molecule has 1 heterocycles. The third-order valence-electron chi connectivity index (χ3n) is 4.70. The number of carbonyl (C=O) groups is 3. The standard InChI is InChI=1S/C19H34N6O4S/c1-5-24(3)19(28)25-12-14(20)10-16(25)17(26)22-8-6-7-9-23-18(27)29-13-15(30-4)11-21-2/h11,14,16H,2,5-10,12-13,20H2,1,3-4H3,(H,22,26)(H,23,27)/b15-11-. The number of urea groups is 1. The van der Waals surface area contributed by atoms with Crippen molar-refractivity contribution in [3.8, 4) is 0 Å². The smallest absolute Gasteiger partial charge is 0.407 e. The van der Waals surface area contributed by atoms with Crippen molar-refractivity contribution in [3.05, 3.63) is 11.1 Å². The molecule has 2 unspecified atom stereocenters. The minimum absolute atomic E-state index is 0.147. The first-order valence-electron chi connectivity index (χ1n) is 9.98. The minimum Gasteiger partial charge on any atom is -0.444 e. The van der Waals surface area contributed by atoms with Crippen LogP contribution in [0.15, 0.2) is 16.1 Å². The van der Waals surface area contributed by atoms with Gasteiger partial charge in [-0.15, -0.1) is 11.8 Å². The Morgan fingerprint density at radius 2 is 2.00 bits per heavy atom. The van der Waals surface area contributed by atoms with E-state index in [0.29, 0.717) is 45.4 Å². The van der Waals surface area contributed by atoms with Crippen molar-refractivity contribution in [1.29, 1.82) is 0 Å². The lowest BCUT2D eigenvalue weighted by molar-refractivity contribution is -0.124. The monoisotopic (exact) mass is 442 g/mol. The molecule has 170 valence electrons. The lowest BCUT2D eigenvalue weighted by Crippen LogP contribution is -2.50. The van der Waals surface area contributed by atoms with Crippen LogP contribution in [0.25, 0.3) is 0 Å². The lowest BCUT2D eigenvalue weighted by atomic mass is 10.1. The summed E-state index contributed by atoms with van der Waals surface area (Å²) in [7, 11) is 1.70. The molecule has 0 saturated carbocycles. The number of alkyl carbamates (subject to hydrolysis) is 1. The summed E-state index contributed by atoms with van der Waals surface area (Å²) in [5.41, 5.74) is 5.97. The van der Waals surface area contributed by atoms with Gasteiger partial charge in [0, 0.05) is 50.4 Å². The van der Waals surface area contributed by atoms with Crippen LogP contribution in [0.5, 0.6) is 0 Å². The third kappa shape index (κ3) is 8.62. The van der Waals surface area contributed by atoms with Gasteiger partial charge in [0.25, 0.3) is 0 Å². The zero-order valence-corrected chi connectivity index (χ0v) is 18.9. The van der Waals surface area contributed by atoms with Crippen LogP contribution in [0.2, 0.25) is 0 Å². The molecule has 1 aliphatic heterocycles. The Morgan fingerprint density at radius 3 is 2.60 bits per heavy atom. The molecule has 0 spiro atoms. The second kappa shape index (κ2) is 13.9. The van der Waals surface area contributed by atoms with E-state index in [0.717, 1.165) is 4.91 Å². The number of ether oxygens (including phenoxy) is 1. The maximum absolute atomic E-state index is 12.5. The van der Waals surface area contributed by atoms with E-state index in [1.807, 2.05) is 13.2 Å². The number of carbonyl (C=O) groups excluding carboxylic acids is 3. The summed E-state index contributed by atoms with van der Waals surface area (Å²) in [6, 6.07) is -0.927. The zero-order chi connectivity index (χ0) is 22.5. The number of nitrogens with two attached hydrogens (primary N) is 1. The number of amides is 4. The van der Waals surface area contributed by atoms with E-state index < -0.39 is 12.1 Å². The second-order valence-corrected chi connectivity index (χ2v) is 7.88. The van der Waals surface area contributed by atoms with Crippen molar-refractivity contribution < 1.29 is 19.1 Å². The lowest BCUT2D eigenvalue weighted by Gasteiger charge is -2.28. The Hall–Kier alpha value is -2.27. The fraction of sp³-hybridized carbons (Fsp3) is 0.684. The van der Waals surface area contributed by atoms with Gasteiger partial charge in [0.15, 0.2) is 0 Å². The Morgan fingerprint density at radius 1 is 1.33 bits per heavy atom. The van der Waals surface area contributed by atoms with Crippen molar-refractivity contribution in [3.63, 3.8) is 0 Å². The van der Waals surface area contributed by atoms with Crippen LogP contribution in [0.4, 0.5) is 9.59 Å². The molecule has 4 amide bonds. The number of unbranched alkanes of at least 4 members (excludes halogenated alkanes) is 1. The molecule has 0 aromatic heterocycles. The van der Waals surface area contributed by atoms with Crippen molar-refractivity contribution in [2.24, 2.45) is 10.7 Å². The summed E-state index contributed by atoms with van der Waals surface area (Å²) in [4.78, 5) is 44.1. The van der Waals surface area contributed by atoms with Crippen LogP contribution < -0.4 is 16.4 Å². The molecule has 1 fully saturated rings. The van der Waals surface area contributed by atoms with E-state index in [1.54, 1.807) is 23.0 Å². The van der Waals surface area contributed by atoms with Crippen LogP contribution in [0.1, 0.15) is 26.2 Å². The van der Waals surface area contributed by atoms with E-state index in [9.17, 15) is 14.4 Å². The Labute approximate surface area is 182 Å². The summed E-state index contributed by atoms with van der Waals surface area (Å²) < 4.78 is 5.08. The Kier molecular flexibility index (Phi) is 11.9. The third-order valence-corrected chi connectivity index (χ3v) is 5.45. The summed E-state index contributed by atoms with van der Waals surface area (Å²) in [5, 5.41) is 5.52. The van der Waals surface area contributed by atoms with E-state index in [4.69, 9.17) is 10.5 Å². The molecule has 1 aliphatic rings. The highest BCUT2D eigenvalue weighted by molar-refractivity contribution is 8.02. The molecule has 0 bridgehead atoms. The molecule has 0 aliphatic carbocycles. The normalized spacial score (nSPS) is 18.7. The quantitative estimate of drug-likeness (QED) is 0.323. The maximum Gasteiger partial charge on any atom is 0.407 e. The van der Waals surface area contributed by atoms with Gasteiger partial charge < -0.3 is 30.9 Å². The van der Waals surface area contributed by atoms with Crippen LogP contribution >= 0.6 is 11.8 Å². The first kappa shape index (κ1) is 25.8. The molecule has 4 N–H and O–H groups in total. The number of hydrogen-bond donors (Lipinski definition) is 3. The molecule has 11 heteroatoms. The van der Waals surface area contributed by atoms with Gasteiger partial charge in [-0.25, -0.2) is 9.59 Å². The molecular weight excluding hydrogens is 408 g/mol. The predicted octanol–water partition coefficient (Wildman–Crippen LogP) is 0.987. The van der Waals surface area contributed by atoms with E-state index in [1.165, 1.54) is 11.8 Å². The fourth-order valence-corrected chi connectivity index (χ4v) is 3.25. The summed E-state index contributed by atoms with van der Waals surface area (Å²) >= 11 is 1.44. The number of hydrogen-bond acceptors (Lipinski definition) is 7. The van der Waals surface area contributed by atoms with Gasteiger partial charge in [0.1, 0.15) is 12.6 Å². The molecule has 1 saturated heterocycles. The molecule has 0 radical (unpaired) electrons. The molecule has 30 heavy (non-hydrogen) atoms. The van der Waals surface area contributed by atoms with Gasteiger partial charge >= 0.3 is 12.1 Å². The molecule has 10 nitrogen and oxygen atoms in total. The van der Waals surface area contributed by atoms with Crippen LogP contribution in [0.3, 0.4) is 0 Å². The highest BCUT2D eigenvalue weighted by Crippen LogP contribution is 2.18. The minimum atomic E-state index is -0.543. The number of nitrogens with one attached hydrogen (secondary N) is 2. The first-order valence-corrected chi connectivity index (χ1v) is 11.2. The number of aliphatic imine (C=N–C) groups is 1. The first-order chi connectivity index (χ1) is 14.3. The van der Waals surface area contributed by atoms with Crippen LogP contribution in [0, 0.1) is 0 Å². The van der Waals surface area contributed by atoms with Crippen molar-refractivity contribution in [2.45, 2.75) is 38.3 Å². The molecular formula is C19H34N6O4S. The van der Waals surface area contributed by atoms with Crippen molar-refractivity contribution in [2.75, 3.05) is 46.1 Å². The van der Waals surface area contributed by atoms with Crippen molar-refractivity contribution >= 4 is 36.5 Å². The average molecular weight is 443 g/mol. The summed E-state index contributed by atoms with van der Waals surface area (Å²) in [6.45, 7) is 7.23. The van der Waals surface area contributed by atoms with Crippen LogP contribution in [-0.4, -0.2) is 92.7 Å². The molecule has 0 aromatic rings. The molecule has 1 rings (SSSR count). The van der Waals surface area contributed by atoms with Crippen molar-refractivity contribution in [1.82, 2.24) is 20.4 Å². The predicted molar refractivity (Wildman–Crippen MR) is 120 cm³/mol. The van der Waals surface area contributed by atoms with Gasteiger partial charge in [-0.2, -0.15) is 0 Å². The summed E-state index contributed by atoms with van der Waals surface area (Å²) in [6.07, 6.45) is 4.73. The maximum atomic E-state index is 12.5. The van der Waals surface area contributed by atoms with Gasteiger partial charge in [-0.3, -0.25) is 9.79 Å². The van der Waals surface area contributed by atoms with E-state index in [-0.39, 0.29) is 24.6 Å². The van der Waals surface area contributed by atoms with Gasteiger partial charge in [-0.05, 0) is 39.2 Å².